The number of nitrogens with one attached hydrogen (secondary N) is 2. The smallest absolute Gasteiger partial charge is 0.341 e. The molecule has 27 heavy (non-hydrogen) atoms. The van der Waals surface area contributed by atoms with Gasteiger partial charge < -0.3 is 15.4 Å². The number of benzene rings is 1. The van der Waals surface area contributed by atoms with Crippen molar-refractivity contribution in [3.05, 3.63) is 47.3 Å². The molecule has 3 rings (SSSR count). The first-order valence-electron chi connectivity index (χ1n) is 8.89. The first-order valence-corrected chi connectivity index (χ1v) is 8.89. The quantitative estimate of drug-likeness (QED) is 0.774. The molecule has 1 aromatic carbocycles. The molecule has 2 amide bonds. The van der Waals surface area contributed by atoms with Crippen molar-refractivity contribution >= 4 is 17.8 Å². The number of nitrogens with zero attached hydrogens (tertiary/aromatic N) is 2. The molecule has 1 atom stereocenters. The predicted octanol–water partition coefficient (Wildman–Crippen LogP) is 1.37. The van der Waals surface area contributed by atoms with Crippen LogP contribution in [0.1, 0.15) is 46.2 Å². The fourth-order valence-corrected chi connectivity index (χ4v) is 2.96. The Morgan fingerprint density at radius 1 is 1.33 bits per heavy atom. The van der Waals surface area contributed by atoms with E-state index in [-0.39, 0.29) is 17.9 Å². The van der Waals surface area contributed by atoms with Gasteiger partial charge in [-0.25, -0.2) is 9.48 Å². The third-order valence-electron chi connectivity index (χ3n) is 4.48. The van der Waals surface area contributed by atoms with Crippen molar-refractivity contribution in [1.29, 1.82) is 0 Å². The summed E-state index contributed by atoms with van der Waals surface area (Å²) < 4.78 is 6.65. The Labute approximate surface area is 156 Å². The van der Waals surface area contributed by atoms with Crippen LogP contribution in [-0.2, 0) is 9.53 Å². The van der Waals surface area contributed by atoms with Crippen molar-refractivity contribution in [3.8, 4) is 5.69 Å². The molecule has 0 bridgehead atoms. The van der Waals surface area contributed by atoms with Crippen LogP contribution in [0, 0.1) is 6.92 Å². The SMILES string of the molecule is CCOC(=O)c1cnn(-c2ccc(C(=O)N[C@H]3CCC(=O)NC3)cc2)c1C. The normalized spacial score (nSPS) is 16.5. The van der Waals surface area contributed by atoms with Crippen molar-refractivity contribution < 1.29 is 19.1 Å². The molecule has 1 fully saturated rings. The molecule has 8 heteroatoms. The summed E-state index contributed by atoms with van der Waals surface area (Å²) in [7, 11) is 0. The third kappa shape index (κ3) is 4.16. The lowest BCUT2D eigenvalue weighted by atomic mass is 10.1. The van der Waals surface area contributed by atoms with E-state index in [1.807, 2.05) is 0 Å². The highest BCUT2D eigenvalue weighted by atomic mass is 16.5. The van der Waals surface area contributed by atoms with Crippen LogP contribution in [0.25, 0.3) is 5.69 Å². The monoisotopic (exact) mass is 370 g/mol. The van der Waals surface area contributed by atoms with E-state index >= 15 is 0 Å². The van der Waals surface area contributed by atoms with Gasteiger partial charge in [0.1, 0.15) is 5.56 Å². The lowest BCUT2D eigenvalue weighted by Crippen LogP contribution is -2.47. The van der Waals surface area contributed by atoms with Crippen LogP contribution in [0.15, 0.2) is 30.5 Å². The minimum atomic E-state index is -0.406. The molecule has 2 aromatic rings. The first-order chi connectivity index (χ1) is 13.0. The number of carbonyl (C=O) groups is 3. The largest absolute Gasteiger partial charge is 0.462 e. The maximum atomic E-state index is 12.4. The molecule has 0 aliphatic carbocycles. The average Bonchev–Trinajstić information content (AvgIpc) is 3.05. The number of amides is 2. The number of hydrogen-bond donors (Lipinski definition) is 2. The Hall–Kier alpha value is -3.16. The van der Waals surface area contributed by atoms with Crippen LogP contribution in [0.5, 0.6) is 0 Å². The summed E-state index contributed by atoms with van der Waals surface area (Å²) in [6, 6.07) is 6.89. The summed E-state index contributed by atoms with van der Waals surface area (Å²) in [6.45, 7) is 4.30. The second kappa shape index (κ2) is 8.03. The van der Waals surface area contributed by atoms with Crippen LogP contribution in [0.4, 0.5) is 0 Å². The molecule has 0 unspecified atom stereocenters. The second-order valence-corrected chi connectivity index (χ2v) is 6.34. The third-order valence-corrected chi connectivity index (χ3v) is 4.48. The van der Waals surface area contributed by atoms with Gasteiger partial charge in [-0.05, 0) is 44.5 Å². The maximum absolute atomic E-state index is 12.4. The van der Waals surface area contributed by atoms with Crippen LogP contribution < -0.4 is 10.6 Å². The summed E-state index contributed by atoms with van der Waals surface area (Å²) in [5.41, 5.74) is 2.34. The summed E-state index contributed by atoms with van der Waals surface area (Å²) in [5, 5.41) is 9.90. The van der Waals surface area contributed by atoms with E-state index in [4.69, 9.17) is 4.74 Å². The molecule has 0 spiro atoms. The molecule has 8 nitrogen and oxygen atoms in total. The van der Waals surface area contributed by atoms with E-state index in [0.29, 0.717) is 42.8 Å². The summed E-state index contributed by atoms with van der Waals surface area (Å²) in [6.07, 6.45) is 2.54. The van der Waals surface area contributed by atoms with E-state index in [9.17, 15) is 14.4 Å². The second-order valence-electron chi connectivity index (χ2n) is 6.34. The fourth-order valence-electron chi connectivity index (χ4n) is 2.96. The molecule has 142 valence electrons. The van der Waals surface area contributed by atoms with E-state index in [2.05, 4.69) is 15.7 Å². The Balaban J connectivity index is 1.69. The van der Waals surface area contributed by atoms with E-state index in [1.54, 1.807) is 42.8 Å². The van der Waals surface area contributed by atoms with Crippen LogP contribution in [0.2, 0.25) is 0 Å². The molecule has 2 N–H and O–H groups in total. The van der Waals surface area contributed by atoms with E-state index in [0.717, 1.165) is 5.69 Å². The first kappa shape index (κ1) is 18.6. The van der Waals surface area contributed by atoms with Crippen LogP contribution >= 0.6 is 0 Å². The number of carbonyl (C=O) groups excluding carboxylic acids is 3. The molecule has 1 aliphatic rings. The summed E-state index contributed by atoms with van der Waals surface area (Å²) in [4.78, 5) is 35.5. The zero-order chi connectivity index (χ0) is 19.4. The molecule has 0 radical (unpaired) electrons. The highest BCUT2D eigenvalue weighted by molar-refractivity contribution is 5.94. The van der Waals surface area contributed by atoms with Gasteiger partial charge in [0.05, 0.1) is 24.2 Å². The average molecular weight is 370 g/mol. The minimum Gasteiger partial charge on any atom is -0.462 e. The Kier molecular flexibility index (Phi) is 5.54. The molecule has 1 aromatic heterocycles. The van der Waals surface area contributed by atoms with Gasteiger partial charge in [-0.2, -0.15) is 5.10 Å². The van der Waals surface area contributed by atoms with Crippen molar-refractivity contribution in [3.63, 3.8) is 0 Å². The Morgan fingerprint density at radius 3 is 2.70 bits per heavy atom. The lowest BCUT2D eigenvalue weighted by molar-refractivity contribution is -0.122. The van der Waals surface area contributed by atoms with Gasteiger partial charge >= 0.3 is 5.97 Å². The van der Waals surface area contributed by atoms with Gasteiger partial charge in [0.2, 0.25) is 5.91 Å². The number of esters is 1. The molecule has 2 heterocycles. The Morgan fingerprint density at radius 2 is 2.07 bits per heavy atom. The van der Waals surface area contributed by atoms with Crippen molar-refractivity contribution in [1.82, 2.24) is 20.4 Å². The van der Waals surface area contributed by atoms with Gasteiger partial charge in [0.25, 0.3) is 5.91 Å². The summed E-state index contributed by atoms with van der Waals surface area (Å²) in [5.74, 6) is -0.578. The van der Waals surface area contributed by atoms with Gasteiger partial charge in [-0.3, -0.25) is 9.59 Å². The zero-order valence-corrected chi connectivity index (χ0v) is 15.3. The summed E-state index contributed by atoms with van der Waals surface area (Å²) >= 11 is 0. The van der Waals surface area contributed by atoms with E-state index in [1.165, 1.54) is 6.20 Å². The molecule has 1 saturated heterocycles. The number of piperidine rings is 1. The molecular formula is C19H22N4O4. The topological polar surface area (TPSA) is 102 Å². The number of hydrogen-bond acceptors (Lipinski definition) is 5. The van der Waals surface area contributed by atoms with Gasteiger partial charge in [0.15, 0.2) is 0 Å². The zero-order valence-electron chi connectivity index (χ0n) is 15.3. The number of rotatable bonds is 5. The van der Waals surface area contributed by atoms with Crippen molar-refractivity contribution in [2.75, 3.05) is 13.2 Å². The van der Waals surface area contributed by atoms with Gasteiger partial charge in [0, 0.05) is 24.6 Å². The highest BCUT2D eigenvalue weighted by Crippen LogP contribution is 2.16. The maximum Gasteiger partial charge on any atom is 0.341 e. The number of aromatic nitrogens is 2. The van der Waals surface area contributed by atoms with Gasteiger partial charge in [-0.15, -0.1) is 0 Å². The van der Waals surface area contributed by atoms with Crippen molar-refractivity contribution in [2.24, 2.45) is 0 Å². The van der Waals surface area contributed by atoms with Crippen LogP contribution in [-0.4, -0.2) is 46.8 Å². The number of ether oxygens (including phenoxy) is 1. The minimum absolute atomic E-state index is 0.0154. The van der Waals surface area contributed by atoms with Crippen LogP contribution in [0.3, 0.4) is 0 Å². The standard InChI is InChI=1S/C19H22N4O4/c1-3-27-19(26)16-11-21-23(12(16)2)15-7-4-13(5-8-15)18(25)22-14-6-9-17(24)20-10-14/h4-5,7-8,11,14H,3,6,9-10H2,1-2H3,(H,20,24)(H,22,25)/t14-/m0/s1. The molecular weight excluding hydrogens is 348 g/mol. The lowest BCUT2D eigenvalue weighted by Gasteiger charge is -2.23. The predicted molar refractivity (Wildman–Crippen MR) is 97.8 cm³/mol. The molecule has 1 aliphatic heterocycles. The van der Waals surface area contributed by atoms with Crippen molar-refractivity contribution in [2.45, 2.75) is 32.7 Å². The highest BCUT2D eigenvalue weighted by Gasteiger charge is 2.20. The Bertz CT molecular complexity index is 847. The van der Waals surface area contributed by atoms with E-state index < -0.39 is 5.97 Å². The fraction of sp³-hybridized carbons (Fsp3) is 0.368. The van der Waals surface area contributed by atoms with Gasteiger partial charge in [-0.1, -0.05) is 0 Å². The molecule has 0 saturated carbocycles.